The van der Waals surface area contributed by atoms with Gasteiger partial charge in [0, 0.05) is 17.4 Å². The Bertz CT molecular complexity index is 1160. The second-order valence-corrected chi connectivity index (χ2v) is 8.99. The Morgan fingerprint density at radius 2 is 1.83 bits per heavy atom. The standard InChI is InChI=1S/C24H20FN3S2/c1-2-16-5-7-17(8-6-16)21-15-30-24(26-21)28-22(18-9-11-19(25)12-10-18)14-20(27-28)23-4-3-13-29-23/h3-13,15,22H,2,14H2,1H3/t22-/m1/s1. The molecule has 1 aliphatic rings. The summed E-state index contributed by atoms with van der Waals surface area (Å²) >= 11 is 3.28. The lowest BCUT2D eigenvalue weighted by molar-refractivity contribution is 0.624. The number of nitrogens with zero attached hydrogens (tertiary/aromatic N) is 3. The van der Waals surface area contributed by atoms with Crippen LogP contribution < -0.4 is 5.01 Å². The van der Waals surface area contributed by atoms with Crippen molar-refractivity contribution in [3.05, 3.63) is 93.2 Å². The van der Waals surface area contributed by atoms with Crippen molar-refractivity contribution < 1.29 is 4.39 Å². The summed E-state index contributed by atoms with van der Waals surface area (Å²) in [4.78, 5) is 6.06. The molecule has 0 unspecified atom stereocenters. The molecule has 0 aliphatic carbocycles. The van der Waals surface area contributed by atoms with Crippen molar-refractivity contribution in [2.24, 2.45) is 5.10 Å². The van der Waals surface area contributed by atoms with E-state index in [1.54, 1.807) is 22.7 Å². The molecule has 30 heavy (non-hydrogen) atoms. The fraction of sp³-hybridized carbons (Fsp3) is 0.167. The monoisotopic (exact) mass is 433 g/mol. The molecule has 2 aromatic heterocycles. The Labute approximate surface area is 183 Å². The van der Waals surface area contributed by atoms with Gasteiger partial charge in [-0.3, -0.25) is 0 Å². The minimum atomic E-state index is -0.227. The van der Waals surface area contributed by atoms with Crippen LogP contribution in [0.15, 0.2) is 76.5 Å². The number of hydrogen-bond donors (Lipinski definition) is 0. The second-order valence-electron chi connectivity index (χ2n) is 7.21. The summed E-state index contributed by atoms with van der Waals surface area (Å²) in [6.45, 7) is 2.15. The predicted molar refractivity (Wildman–Crippen MR) is 124 cm³/mol. The maximum absolute atomic E-state index is 13.5. The molecule has 0 N–H and O–H groups in total. The van der Waals surface area contributed by atoms with Crippen LogP contribution in [0.3, 0.4) is 0 Å². The van der Waals surface area contributed by atoms with Gasteiger partial charge in [-0.1, -0.05) is 49.4 Å². The van der Waals surface area contributed by atoms with Crippen LogP contribution in [-0.4, -0.2) is 10.7 Å². The smallest absolute Gasteiger partial charge is 0.207 e. The molecule has 2 aromatic carbocycles. The number of aryl methyl sites for hydroxylation is 1. The largest absolute Gasteiger partial charge is 0.231 e. The van der Waals surface area contributed by atoms with Crippen molar-refractivity contribution in [1.82, 2.24) is 4.98 Å². The molecular formula is C24H20FN3S2. The molecule has 0 bridgehead atoms. The summed E-state index contributed by atoms with van der Waals surface area (Å²) in [5.74, 6) is -0.227. The van der Waals surface area contributed by atoms with Crippen LogP contribution >= 0.6 is 22.7 Å². The fourth-order valence-corrected chi connectivity index (χ4v) is 5.19. The van der Waals surface area contributed by atoms with Crippen LogP contribution in [-0.2, 0) is 6.42 Å². The van der Waals surface area contributed by atoms with Crippen molar-refractivity contribution in [3.63, 3.8) is 0 Å². The Kier molecular flexibility index (Phi) is 5.19. The summed E-state index contributed by atoms with van der Waals surface area (Å²) in [6.07, 6.45) is 1.79. The molecule has 0 amide bonds. The topological polar surface area (TPSA) is 28.5 Å². The van der Waals surface area contributed by atoms with E-state index in [2.05, 4.69) is 48.0 Å². The average Bonchev–Trinajstić information content (AvgIpc) is 3.54. The highest BCUT2D eigenvalue weighted by molar-refractivity contribution is 7.14. The zero-order valence-electron chi connectivity index (χ0n) is 16.5. The maximum atomic E-state index is 13.5. The Morgan fingerprint density at radius 3 is 2.53 bits per heavy atom. The van der Waals surface area contributed by atoms with E-state index < -0.39 is 0 Å². The van der Waals surface area contributed by atoms with E-state index in [0.717, 1.165) is 45.4 Å². The number of halogens is 1. The van der Waals surface area contributed by atoms with Gasteiger partial charge in [0.15, 0.2) is 0 Å². The lowest BCUT2D eigenvalue weighted by Crippen LogP contribution is -2.18. The third kappa shape index (κ3) is 3.68. The van der Waals surface area contributed by atoms with E-state index >= 15 is 0 Å². The average molecular weight is 434 g/mol. The molecule has 3 heterocycles. The van der Waals surface area contributed by atoms with Crippen LogP contribution in [0.2, 0.25) is 0 Å². The second kappa shape index (κ2) is 8.13. The molecule has 0 fully saturated rings. The summed E-state index contributed by atoms with van der Waals surface area (Å²) in [5.41, 5.74) is 5.46. The zero-order valence-corrected chi connectivity index (χ0v) is 18.1. The van der Waals surface area contributed by atoms with Crippen LogP contribution in [0.25, 0.3) is 11.3 Å². The first-order chi connectivity index (χ1) is 14.7. The van der Waals surface area contributed by atoms with Crippen molar-refractivity contribution in [1.29, 1.82) is 0 Å². The number of thiazole rings is 1. The molecule has 0 spiro atoms. The summed E-state index contributed by atoms with van der Waals surface area (Å²) in [6, 6.07) is 19.4. The van der Waals surface area contributed by atoms with Gasteiger partial charge >= 0.3 is 0 Å². The first-order valence-corrected chi connectivity index (χ1v) is 11.7. The van der Waals surface area contributed by atoms with Gasteiger partial charge in [0.25, 0.3) is 0 Å². The third-order valence-electron chi connectivity index (χ3n) is 5.32. The molecule has 1 atom stereocenters. The summed E-state index contributed by atoms with van der Waals surface area (Å²) in [5, 5.41) is 11.9. The van der Waals surface area contributed by atoms with Gasteiger partial charge in [0.05, 0.1) is 22.3 Å². The highest BCUT2D eigenvalue weighted by Crippen LogP contribution is 2.39. The molecule has 0 radical (unpaired) electrons. The number of hydrazone groups is 1. The number of anilines is 1. The van der Waals surface area contributed by atoms with Gasteiger partial charge in [-0.15, -0.1) is 22.7 Å². The Balaban J connectivity index is 1.50. The van der Waals surface area contributed by atoms with E-state index in [1.165, 1.54) is 17.7 Å². The molecular weight excluding hydrogens is 413 g/mol. The quantitative estimate of drug-likeness (QED) is 0.341. The first-order valence-electron chi connectivity index (χ1n) is 9.92. The fourth-order valence-electron chi connectivity index (χ4n) is 3.64. The Hall–Kier alpha value is -2.83. The van der Waals surface area contributed by atoms with Crippen molar-refractivity contribution >= 4 is 33.5 Å². The van der Waals surface area contributed by atoms with E-state index in [9.17, 15) is 4.39 Å². The number of hydrogen-bond acceptors (Lipinski definition) is 5. The minimum Gasteiger partial charge on any atom is -0.231 e. The molecule has 1 aliphatic heterocycles. The SMILES string of the molecule is CCc1ccc(-c2csc(N3N=C(c4cccs4)C[C@@H]3c3ccc(F)cc3)n2)cc1. The van der Waals surface area contributed by atoms with Gasteiger partial charge in [-0.05, 0) is 41.1 Å². The van der Waals surface area contributed by atoms with Crippen LogP contribution in [0.5, 0.6) is 0 Å². The van der Waals surface area contributed by atoms with Gasteiger partial charge in [-0.2, -0.15) is 5.10 Å². The van der Waals surface area contributed by atoms with E-state index in [4.69, 9.17) is 10.1 Å². The van der Waals surface area contributed by atoms with E-state index in [0.29, 0.717) is 0 Å². The summed E-state index contributed by atoms with van der Waals surface area (Å²) in [7, 11) is 0. The zero-order chi connectivity index (χ0) is 20.5. The molecule has 0 saturated heterocycles. The normalized spacial score (nSPS) is 16.1. The highest BCUT2D eigenvalue weighted by Gasteiger charge is 2.32. The predicted octanol–water partition coefficient (Wildman–Crippen LogP) is 6.93. The van der Waals surface area contributed by atoms with Gasteiger partial charge < -0.3 is 0 Å². The van der Waals surface area contributed by atoms with Crippen LogP contribution in [0, 0.1) is 5.82 Å². The number of rotatable bonds is 5. The molecule has 0 saturated carbocycles. The Morgan fingerprint density at radius 1 is 1.03 bits per heavy atom. The molecule has 5 rings (SSSR count). The number of benzene rings is 2. The number of aromatic nitrogens is 1. The van der Waals surface area contributed by atoms with Crippen LogP contribution in [0.4, 0.5) is 9.52 Å². The molecule has 6 heteroatoms. The molecule has 150 valence electrons. The summed E-state index contributed by atoms with van der Waals surface area (Å²) < 4.78 is 13.5. The van der Waals surface area contributed by atoms with E-state index in [-0.39, 0.29) is 11.9 Å². The van der Waals surface area contributed by atoms with Crippen molar-refractivity contribution in [3.8, 4) is 11.3 Å². The maximum Gasteiger partial charge on any atom is 0.207 e. The minimum absolute atomic E-state index is 0.00386. The van der Waals surface area contributed by atoms with Crippen molar-refractivity contribution in [2.45, 2.75) is 25.8 Å². The lowest BCUT2D eigenvalue weighted by atomic mass is 10.0. The highest BCUT2D eigenvalue weighted by atomic mass is 32.1. The van der Waals surface area contributed by atoms with Gasteiger partial charge in [0.1, 0.15) is 5.82 Å². The molecule has 4 aromatic rings. The van der Waals surface area contributed by atoms with E-state index in [1.807, 2.05) is 23.2 Å². The van der Waals surface area contributed by atoms with Crippen LogP contribution in [0.1, 0.15) is 35.4 Å². The lowest BCUT2D eigenvalue weighted by Gasteiger charge is -2.21. The van der Waals surface area contributed by atoms with Gasteiger partial charge in [0.2, 0.25) is 5.13 Å². The molecule has 3 nitrogen and oxygen atoms in total. The third-order valence-corrected chi connectivity index (χ3v) is 7.07. The van der Waals surface area contributed by atoms with Crippen molar-refractivity contribution in [2.75, 3.05) is 5.01 Å². The van der Waals surface area contributed by atoms with Gasteiger partial charge in [-0.25, -0.2) is 14.4 Å². The number of thiophene rings is 1. The first kappa shape index (κ1) is 19.2.